The van der Waals surface area contributed by atoms with Crippen molar-refractivity contribution in [2.75, 3.05) is 19.8 Å². The number of aliphatic hydroxyl groups is 1. The molecule has 0 aromatic rings. The summed E-state index contributed by atoms with van der Waals surface area (Å²) < 4.78 is 5.37. The van der Waals surface area contributed by atoms with Gasteiger partial charge in [0, 0.05) is 31.1 Å². The number of hydrogen-bond donors (Lipinski definition) is 2. The van der Waals surface area contributed by atoms with Gasteiger partial charge in [-0.25, -0.2) is 0 Å². The summed E-state index contributed by atoms with van der Waals surface area (Å²) in [4.78, 5) is 11.4. The zero-order valence-corrected chi connectivity index (χ0v) is 11.6. The van der Waals surface area contributed by atoms with Crippen molar-refractivity contribution in [2.45, 2.75) is 44.1 Å². The highest BCUT2D eigenvalue weighted by Gasteiger charge is 2.48. The number of carbonyl (C=O) groups excluding carboxylic acids is 1. The quantitative estimate of drug-likeness (QED) is 0.764. The number of ether oxygens (including phenoxy) is 1. The number of alkyl halides is 1. The summed E-state index contributed by atoms with van der Waals surface area (Å²) in [5.74, 6) is -0.000684. The number of nitrogens with one attached hydrogen (secondary N) is 1. The van der Waals surface area contributed by atoms with E-state index in [0.717, 1.165) is 38.9 Å². The van der Waals surface area contributed by atoms with Gasteiger partial charge >= 0.3 is 0 Å². The first-order valence-electron chi connectivity index (χ1n) is 6.73. The summed E-state index contributed by atoms with van der Waals surface area (Å²) >= 11 is 5.70. The molecule has 1 aliphatic heterocycles. The molecule has 5 heteroatoms. The van der Waals surface area contributed by atoms with E-state index in [4.69, 9.17) is 16.3 Å². The van der Waals surface area contributed by atoms with E-state index in [1.165, 1.54) is 0 Å². The van der Waals surface area contributed by atoms with E-state index in [2.05, 4.69) is 5.32 Å². The Hall–Kier alpha value is -0.320. The molecule has 2 fully saturated rings. The molecule has 1 amide bonds. The van der Waals surface area contributed by atoms with E-state index < -0.39 is 5.38 Å². The number of carbonyl (C=O) groups is 1. The minimum atomic E-state index is -0.513. The van der Waals surface area contributed by atoms with Gasteiger partial charge in [-0.3, -0.25) is 4.79 Å². The van der Waals surface area contributed by atoms with Crippen molar-refractivity contribution >= 4 is 17.5 Å². The lowest BCUT2D eigenvalue weighted by molar-refractivity contribution is -0.121. The van der Waals surface area contributed by atoms with Crippen LogP contribution in [0.1, 0.15) is 32.6 Å². The van der Waals surface area contributed by atoms with E-state index in [1.54, 1.807) is 6.92 Å². The third-order valence-electron chi connectivity index (χ3n) is 4.48. The van der Waals surface area contributed by atoms with Gasteiger partial charge in [0.1, 0.15) is 5.38 Å². The smallest absolute Gasteiger partial charge is 0.237 e. The SMILES string of the molecule is CC(Cl)C(=O)NC[C@@H]1CCC2(CCOCC2)[C@@H]1O. The van der Waals surface area contributed by atoms with Gasteiger partial charge in [-0.2, -0.15) is 0 Å². The highest BCUT2D eigenvalue weighted by atomic mass is 35.5. The Balaban J connectivity index is 1.87. The molecule has 0 radical (unpaired) electrons. The number of amides is 1. The molecule has 1 saturated heterocycles. The Morgan fingerprint density at radius 2 is 2.17 bits per heavy atom. The molecule has 2 N–H and O–H groups in total. The molecule has 1 aliphatic carbocycles. The van der Waals surface area contributed by atoms with Gasteiger partial charge < -0.3 is 15.2 Å². The van der Waals surface area contributed by atoms with Gasteiger partial charge in [-0.1, -0.05) is 0 Å². The minimum absolute atomic E-state index is 0.0280. The highest BCUT2D eigenvalue weighted by Crippen LogP contribution is 2.48. The van der Waals surface area contributed by atoms with Gasteiger partial charge in [0.2, 0.25) is 5.91 Å². The van der Waals surface area contributed by atoms with Crippen LogP contribution in [0.25, 0.3) is 0 Å². The summed E-state index contributed by atoms with van der Waals surface area (Å²) in [5.41, 5.74) is 0.0280. The highest BCUT2D eigenvalue weighted by molar-refractivity contribution is 6.30. The minimum Gasteiger partial charge on any atom is -0.392 e. The summed E-state index contributed by atoms with van der Waals surface area (Å²) in [5, 5.41) is 12.8. The van der Waals surface area contributed by atoms with Crippen molar-refractivity contribution in [3.63, 3.8) is 0 Å². The summed E-state index contributed by atoms with van der Waals surface area (Å²) in [6.07, 6.45) is 3.55. The van der Waals surface area contributed by atoms with Crippen LogP contribution in [-0.2, 0) is 9.53 Å². The second kappa shape index (κ2) is 5.76. The van der Waals surface area contributed by atoms with Gasteiger partial charge in [0.25, 0.3) is 0 Å². The third-order valence-corrected chi connectivity index (χ3v) is 4.67. The van der Waals surface area contributed by atoms with Crippen molar-refractivity contribution in [1.29, 1.82) is 0 Å². The number of rotatable bonds is 3. The van der Waals surface area contributed by atoms with Crippen LogP contribution in [0.5, 0.6) is 0 Å². The van der Waals surface area contributed by atoms with Gasteiger partial charge in [-0.15, -0.1) is 11.6 Å². The van der Waals surface area contributed by atoms with Crippen LogP contribution in [-0.4, -0.2) is 42.3 Å². The van der Waals surface area contributed by atoms with Crippen LogP contribution in [0.2, 0.25) is 0 Å². The number of hydrogen-bond acceptors (Lipinski definition) is 3. The number of aliphatic hydroxyl groups excluding tert-OH is 1. The zero-order chi connectivity index (χ0) is 13.2. The maximum absolute atomic E-state index is 11.4. The molecule has 18 heavy (non-hydrogen) atoms. The van der Waals surface area contributed by atoms with Crippen LogP contribution in [0.3, 0.4) is 0 Å². The van der Waals surface area contributed by atoms with Crippen molar-refractivity contribution in [2.24, 2.45) is 11.3 Å². The molecule has 1 saturated carbocycles. The predicted molar refractivity (Wildman–Crippen MR) is 69.5 cm³/mol. The van der Waals surface area contributed by atoms with E-state index >= 15 is 0 Å². The van der Waals surface area contributed by atoms with Crippen molar-refractivity contribution in [1.82, 2.24) is 5.32 Å². The Kier molecular flexibility index (Phi) is 4.51. The first-order valence-corrected chi connectivity index (χ1v) is 7.16. The maximum Gasteiger partial charge on any atom is 0.237 e. The molecular formula is C13H22ClNO3. The summed E-state index contributed by atoms with van der Waals surface area (Å²) in [6, 6.07) is 0. The van der Waals surface area contributed by atoms with Crippen molar-refractivity contribution < 1.29 is 14.6 Å². The molecule has 1 unspecified atom stereocenters. The molecule has 0 aromatic carbocycles. The predicted octanol–water partition coefficient (Wildman–Crippen LogP) is 1.30. The molecular weight excluding hydrogens is 254 g/mol. The first kappa shape index (κ1) is 14.1. The van der Waals surface area contributed by atoms with Crippen LogP contribution >= 0.6 is 11.6 Å². The van der Waals surface area contributed by atoms with E-state index in [0.29, 0.717) is 6.54 Å². The third kappa shape index (κ3) is 2.81. The summed E-state index contributed by atoms with van der Waals surface area (Å²) in [6.45, 7) is 3.67. The van der Waals surface area contributed by atoms with E-state index in [9.17, 15) is 9.90 Å². The van der Waals surface area contributed by atoms with Crippen molar-refractivity contribution in [3.8, 4) is 0 Å². The monoisotopic (exact) mass is 275 g/mol. The Morgan fingerprint density at radius 3 is 2.78 bits per heavy atom. The Bertz CT molecular complexity index is 303. The van der Waals surface area contributed by atoms with E-state index in [1.807, 2.05) is 0 Å². The molecule has 2 rings (SSSR count). The average molecular weight is 276 g/mol. The molecule has 1 heterocycles. The second-order valence-electron chi connectivity index (χ2n) is 5.58. The lowest BCUT2D eigenvalue weighted by Crippen LogP contribution is -2.42. The standard InChI is InChI=1S/C13H22ClNO3/c1-9(14)12(17)15-8-10-2-3-13(11(10)16)4-6-18-7-5-13/h9-11,16H,2-8H2,1H3,(H,15,17)/t9?,10-,11+/m0/s1. The average Bonchev–Trinajstić information content (AvgIpc) is 2.65. The maximum atomic E-state index is 11.4. The van der Waals surface area contributed by atoms with Crippen LogP contribution in [0, 0.1) is 11.3 Å². The normalized spacial score (nSPS) is 32.4. The van der Waals surface area contributed by atoms with Crippen LogP contribution in [0.15, 0.2) is 0 Å². The van der Waals surface area contributed by atoms with Crippen LogP contribution in [0.4, 0.5) is 0 Å². The Labute approximate surface area is 113 Å². The van der Waals surface area contributed by atoms with Crippen molar-refractivity contribution in [3.05, 3.63) is 0 Å². The van der Waals surface area contributed by atoms with Gasteiger partial charge in [0.05, 0.1) is 6.10 Å². The molecule has 3 atom stereocenters. The molecule has 0 bridgehead atoms. The van der Waals surface area contributed by atoms with Gasteiger partial charge in [-0.05, 0) is 32.6 Å². The number of halogens is 1. The molecule has 0 aromatic heterocycles. The lowest BCUT2D eigenvalue weighted by atomic mass is 9.76. The van der Waals surface area contributed by atoms with Crippen LogP contribution < -0.4 is 5.32 Å². The summed E-state index contributed by atoms with van der Waals surface area (Å²) in [7, 11) is 0. The lowest BCUT2D eigenvalue weighted by Gasteiger charge is -2.37. The topological polar surface area (TPSA) is 58.6 Å². The molecule has 104 valence electrons. The molecule has 4 nitrogen and oxygen atoms in total. The molecule has 1 spiro atoms. The van der Waals surface area contributed by atoms with Gasteiger partial charge in [0.15, 0.2) is 0 Å². The zero-order valence-electron chi connectivity index (χ0n) is 10.8. The van der Waals surface area contributed by atoms with E-state index in [-0.39, 0.29) is 23.3 Å². The second-order valence-corrected chi connectivity index (χ2v) is 6.23. The fourth-order valence-electron chi connectivity index (χ4n) is 3.19. The fourth-order valence-corrected chi connectivity index (χ4v) is 3.27. The first-order chi connectivity index (χ1) is 8.55. The fraction of sp³-hybridized carbons (Fsp3) is 0.923. The Morgan fingerprint density at radius 1 is 1.50 bits per heavy atom. The molecule has 2 aliphatic rings. The largest absolute Gasteiger partial charge is 0.392 e.